The highest BCUT2D eigenvalue weighted by atomic mass is 32.2. The summed E-state index contributed by atoms with van der Waals surface area (Å²) >= 11 is 1.75. The van der Waals surface area contributed by atoms with E-state index in [4.69, 9.17) is 4.74 Å². The van der Waals surface area contributed by atoms with E-state index in [0.717, 1.165) is 23.0 Å². The smallest absolute Gasteiger partial charge is 0.213 e. The van der Waals surface area contributed by atoms with Gasteiger partial charge in [-0.2, -0.15) is 0 Å². The molecule has 0 spiro atoms. The molecule has 0 atom stereocenters. The van der Waals surface area contributed by atoms with Crippen molar-refractivity contribution in [3.8, 4) is 5.88 Å². The van der Waals surface area contributed by atoms with Gasteiger partial charge in [0.2, 0.25) is 5.88 Å². The van der Waals surface area contributed by atoms with E-state index in [9.17, 15) is 0 Å². The van der Waals surface area contributed by atoms with Gasteiger partial charge in [0, 0.05) is 11.8 Å². The molecule has 0 radical (unpaired) electrons. The Morgan fingerprint density at radius 2 is 2.24 bits per heavy atom. The second-order valence-corrected chi connectivity index (χ2v) is 5.63. The van der Waals surface area contributed by atoms with E-state index in [1.807, 2.05) is 12.1 Å². The quantitative estimate of drug-likeness (QED) is 0.878. The molecule has 0 unspecified atom stereocenters. The predicted octanol–water partition coefficient (Wildman–Crippen LogP) is 2.77. The van der Waals surface area contributed by atoms with Gasteiger partial charge in [-0.15, -0.1) is 0 Å². The van der Waals surface area contributed by atoms with Crippen molar-refractivity contribution >= 4 is 22.6 Å². The molecule has 0 aliphatic carbocycles. The normalized spacial score (nSPS) is 18.4. The first kappa shape index (κ1) is 12.2. The first-order valence-corrected chi connectivity index (χ1v) is 6.57. The number of anilines is 1. The average molecular weight is 251 g/mol. The summed E-state index contributed by atoms with van der Waals surface area (Å²) in [6.07, 6.45) is 2.87. The molecule has 0 aromatic carbocycles. The van der Waals surface area contributed by atoms with Crippen LogP contribution in [0, 0.1) is 0 Å². The fourth-order valence-electron chi connectivity index (χ4n) is 1.52. The zero-order chi connectivity index (χ0) is 12.3. The highest BCUT2D eigenvalue weighted by Gasteiger charge is 2.22. The number of ether oxygens (including phenoxy) is 1. The van der Waals surface area contributed by atoms with Crippen LogP contribution in [0.15, 0.2) is 23.3 Å². The number of pyridine rings is 1. The zero-order valence-corrected chi connectivity index (χ0v) is 11.2. The summed E-state index contributed by atoms with van der Waals surface area (Å²) in [6, 6.07) is 3.78. The molecule has 1 aliphatic rings. The van der Waals surface area contributed by atoms with Crippen molar-refractivity contribution in [1.82, 2.24) is 4.98 Å². The van der Waals surface area contributed by atoms with Crippen LogP contribution in [0.2, 0.25) is 0 Å². The maximum absolute atomic E-state index is 5.02. The molecular formula is C12H17N3OS. The fraction of sp³-hybridized carbons (Fsp3) is 0.500. The average Bonchev–Trinajstić information content (AvgIpc) is 2.29. The van der Waals surface area contributed by atoms with Crippen LogP contribution in [-0.2, 0) is 0 Å². The van der Waals surface area contributed by atoms with Crippen LogP contribution in [0.1, 0.15) is 20.3 Å². The van der Waals surface area contributed by atoms with Crippen molar-refractivity contribution < 1.29 is 4.74 Å². The second kappa shape index (κ2) is 4.96. The molecule has 0 fully saturated rings. The third-order valence-electron chi connectivity index (χ3n) is 2.55. The van der Waals surface area contributed by atoms with E-state index in [-0.39, 0.29) is 5.54 Å². The third kappa shape index (κ3) is 3.36. The molecule has 0 saturated heterocycles. The lowest BCUT2D eigenvalue weighted by atomic mass is 10.0. The number of nitrogens with one attached hydrogen (secondary N) is 1. The summed E-state index contributed by atoms with van der Waals surface area (Å²) in [6.45, 7) is 4.31. The van der Waals surface area contributed by atoms with Crippen molar-refractivity contribution in [3.63, 3.8) is 0 Å². The summed E-state index contributed by atoms with van der Waals surface area (Å²) < 4.78 is 5.02. The van der Waals surface area contributed by atoms with Crippen molar-refractivity contribution in [3.05, 3.63) is 18.3 Å². The first-order valence-electron chi connectivity index (χ1n) is 5.59. The Labute approximate surface area is 106 Å². The highest BCUT2D eigenvalue weighted by Crippen LogP contribution is 2.26. The van der Waals surface area contributed by atoms with Crippen LogP contribution in [0.5, 0.6) is 5.88 Å². The fourth-order valence-corrected chi connectivity index (χ4v) is 2.82. The molecule has 1 N–H and O–H groups in total. The van der Waals surface area contributed by atoms with Gasteiger partial charge >= 0.3 is 0 Å². The summed E-state index contributed by atoms with van der Waals surface area (Å²) in [5.74, 6) is 1.72. The van der Waals surface area contributed by atoms with E-state index < -0.39 is 0 Å². The molecule has 1 aromatic rings. The van der Waals surface area contributed by atoms with Crippen molar-refractivity contribution in [1.29, 1.82) is 0 Å². The molecule has 0 amide bonds. The molecule has 5 heteroatoms. The van der Waals surface area contributed by atoms with Crippen LogP contribution < -0.4 is 10.1 Å². The van der Waals surface area contributed by atoms with E-state index in [2.05, 4.69) is 29.1 Å². The predicted molar refractivity (Wildman–Crippen MR) is 73.0 cm³/mol. The standard InChI is InChI=1S/C12H17N3OS/c1-12(2)6-7-17-11(15-12)14-9-4-5-10(16-3)13-8-9/h4-5,8H,6-7H2,1-3H3,(H,14,15). The summed E-state index contributed by atoms with van der Waals surface area (Å²) in [5, 5.41) is 4.25. The lowest BCUT2D eigenvalue weighted by Gasteiger charge is -2.26. The monoisotopic (exact) mass is 251 g/mol. The van der Waals surface area contributed by atoms with Crippen molar-refractivity contribution in [2.24, 2.45) is 4.99 Å². The number of hydrogen-bond donors (Lipinski definition) is 1. The van der Waals surface area contributed by atoms with E-state index in [1.54, 1.807) is 25.1 Å². The van der Waals surface area contributed by atoms with Gasteiger partial charge in [-0.25, -0.2) is 4.98 Å². The lowest BCUT2D eigenvalue weighted by Crippen LogP contribution is -2.27. The molecule has 92 valence electrons. The second-order valence-electron chi connectivity index (χ2n) is 4.54. The Kier molecular flexibility index (Phi) is 3.57. The van der Waals surface area contributed by atoms with Gasteiger partial charge in [0.1, 0.15) is 0 Å². The van der Waals surface area contributed by atoms with Crippen LogP contribution in [0.3, 0.4) is 0 Å². The van der Waals surface area contributed by atoms with E-state index >= 15 is 0 Å². The van der Waals surface area contributed by atoms with Gasteiger partial charge < -0.3 is 10.1 Å². The van der Waals surface area contributed by atoms with E-state index in [0.29, 0.717) is 5.88 Å². The van der Waals surface area contributed by atoms with Gasteiger partial charge in [0.25, 0.3) is 0 Å². The van der Waals surface area contributed by atoms with Crippen LogP contribution in [0.25, 0.3) is 0 Å². The van der Waals surface area contributed by atoms with Gasteiger partial charge in [-0.1, -0.05) is 11.8 Å². The zero-order valence-electron chi connectivity index (χ0n) is 10.4. The molecule has 2 rings (SSSR count). The molecule has 0 bridgehead atoms. The van der Waals surface area contributed by atoms with E-state index in [1.165, 1.54) is 0 Å². The van der Waals surface area contributed by atoms with Gasteiger partial charge in [-0.05, 0) is 26.3 Å². The number of amidine groups is 1. The maximum Gasteiger partial charge on any atom is 0.213 e. The number of methoxy groups -OCH3 is 1. The molecular weight excluding hydrogens is 234 g/mol. The van der Waals surface area contributed by atoms with Crippen LogP contribution in [0.4, 0.5) is 5.69 Å². The topological polar surface area (TPSA) is 46.5 Å². The number of nitrogens with zero attached hydrogens (tertiary/aromatic N) is 2. The Bertz CT molecular complexity index is 414. The van der Waals surface area contributed by atoms with Gasteiger partial charge in [-0.3, -0.25) is 4.99 Å². The first-order chi connectivity index (χ1) is 8.09. The summed E-state index contributed by atoms with van der Waals surface area (Å²) in [5.41, 5.74) is 0.975. The molecule has 1 aliphatic heterocycles. The SMILES string of the molecule is COc1ccc(NC2=NC(C)(C)CCS2)cn1. The van der Waals surface area contributed by atoms with Gasteiger partial charge in [0.15, 0.2) is 5.17 Å². The molecule has 4 nitrogen and oxygen atoms in total. The Balaban J connectivity index is 2.07. The summed E-state index contributed by atoms with van der Waals surface area (Å²) in [7, 11) is 1.61. The minimum Gasteiger partial charge on any atom is -0.481 e. The Hall–Kier alpha value is -1.23. The molecule has 1 aromatic heterocycles. The number of hydrogen-bond acceptors (Lipinski definition) is 5. The molecule has 2 heterocycles. The molecule has 17 heavy (non-hydrogen) atoms. The highest BCUT2D eigenvalue weighted by molar-refractivity contribution is 8.14. The summed E-state index contributed by atoms with van der Waals surface area (Å²) in [4.78, 5) is 8.81. The molecule has 0 saturated carbocycles. The van der Waals surface area contributed by atoms with Gasteiger partial charge in [0.05, 0.1) is 24.5 Å². The number of thioether (sulfide) groups is 1. The van der Waals surface area contributed by atoms with Crippen molar-refractivity contribution in [2.45, 2.75) is 25.8 Å². The largest absolute Gasteiger partial charge is 0.481 e. The minimum atomic E-state index is 0.0352. The number of aromatic nitrogens is 1. The minimum absolute atomic E-state index is 0.0352. The Morgan fingerprint density at radius 3 is 2.82 bits per heavy atom. The Morgan fingerprint density at radius 1 is 1.41 bits per heavy atom. The maximum atomic E-state index is 5.02. The number of rotatable bonds is 2. The number of aliphatic imine (C=N–C) groups is 1. The van der Waals surface area contributed by atoms with Crippen molar-refractivity contribution in [2.75, 3.05) is 18.2 Å². The van der Waals surface area contributed by atoms with Crippen LogP contribution >= 0.6 is 11.8 Å². The lowest BCUT2D eigenvalue weighted by molar-refractivity contribution is 0.398. The van der Waals surface area contributed by atoms with Crippen LogP contribution in [-0.4, -0.2) is 28.6 Å². The third-order valence-corrected chi connectivity index (χ3v) is 3.43.